The zero-order valence-corrected chi connectivity index (χ0v) is 16.9. The molecular weight excluding hydrogens is 356 g/mol. The van der Waals surface area contributed by atoms with Crippen molar-refractivity contribution in [2.75, 3.05) is 21.2 Å². The van der Waals surface area contributed by atoms with Gasteiger partial charge in [0, 0.05) is 31.8 Å². The molecule has 1 heterocycles. The topological polar surface area (TPSA) is 103 Å². The number of allylic oxidation sites excluding steroid dienone is 3. The number of nitrogens with two attached hydrogens (primary N) is 1. The number of hydrogen-bond donors (Lipinski definition) is 2. The van der Waals surface area contributed by atoms with Crippen LogP contribution in [0.1, 0.15) is 38.2 Å². The maximum atomic E-state index is 13.2. The number of rotatable bonds is 3. The van der Waals surface area contributed by atoms with Gasteiger partial charge in [-0.1, -0.05) is 19.9 Å². The highest BCUT2D eigenvalue weighted by Crippen LogP contribution is 2.49. The molecule has 0 spiro atoms. The summed E-state index contributed by atoms with van der Waals surface area (Å²) in [5, 5.41) is 23.4. The van der Waals surface area contributed by atoms with Crippen LogP contribution in [0.4, 0.5) is 0 Å². The average Bonchev–Trinajstić information content (AvgIpc) is 2.59. The predicted octanol–water partition coefficient (Wildman–Crippen LogP) is 2.61. The maximum absolute atomic E-state index is 13.2. The highest BCUT2D eigenvalue weighted by molar-refractivity contribution is 6.00. The number of methoxy groups -OCH3 is 1. The molecule has 7 heteroatoms. The molecule has 1 atom stereocenters. The number of hydrogen-bond acceptors (Lipinski definition) is 7. The lowest BCUT2D eigenvalue weighted by atomic mass is 9.69. The number of phenols is 1. The molecule has 0 saturated carbocycles. The number of ketones is 1. The summed E-state index contributed by atoms with van der Waals surface area (Å²) in [6.45, 7) is 4.11. The van der Waals surface area contributed by atoms with Crippen molar-refractivity contribution in [1.29, 1.82) is 5.26 Å². The van der Waals surface area contributed by atoms with E-state index in [0.29, 0.717) is 35.4 Å². The molecule has 2 aliphatic rings. The number of carbonyl (C=O) groups excluding carboxylic acids is 1. The first-order chi connectivity index (χ1) is 13.1. The first-order valence-electron chi connectivity index (χ1n) is 9.11. The van der Waals surface area contributed by atoms with Crippen LogP contribution >= 0.6 is 0 Å². The minimum Gasteiger partial charge on any atom is -0.504 e. The molecule has 0 amide bonds. The summed E-state index contributed by atoms with van der Waals surface area (Å²) >= 11 is 0. The van der Waals surface area contributed by atoms with E-state index in [0.717, 1.165) is 5.70 Å². The van der Waals surface area contributed by atoms with Crippen molar-refractivity contribution in [2.24, 2.45) is 11.1 Å². The van der Waals surface area contributed by atoms with Crippen LogP contribution in [-0.2, 0) is 4.79 Å². The lowest BCUT2D eigenvalue weighted by Crippen LogP contribution is -2.47. The van der Waals surface area contributed by atoms with E-state index in [2.05, 4.69) is 19.9 Å². The molecule has 28 heavy (non-hydrogen) atoms. The number of aromatic hydroxyl groups is 1. The lowest BCUT2D eigenvalue weighted by Gasteiger charge is -2.45. The number of phenolic OH excluding ortho intramolecular Hbond substituents is 1. The van der Waals surface area contributed by atoms with E-state index in [4.69, 9.17) is 10.5 Å². The smallest absolute Gasteiger partial charge is 0.162 e. The van der Waals surface area contributed by atoms with Gasteiger partial charge in [-0.2, -0.15) is 5.26 Å². The Morgan fingerprint density at radius 1 is 1.36 bits per heavy atom. The number of benzene rings is 1. The molecule has 1 aliphatic heterocycles. The molecular formula is C21H26N4O3. The highest BCUT2D eigenvalue weighted by Gasteiger charge is 2.45. The van der Waals surface area contributed by atoms with Crippen molar-refractivity contribution in [1.82, 2.24) is 10.0 Å². The average molecular weight is 382 g/mol. The fourth-order valence-electron chi connectivity index (χ4n) is 4.16. The Kier molecular flexibility index (Phi) is 4.86. The quantitative estimate of drug-likeness (QED) is 0.828. The summed E-state index contributed by atoms with van der Waals surface area (Å²) in [7, 11) is 5.13. The Hall–Kier alpha value is -2.98. The van der Waals surface area contributed by atoms with Crippen molar-refractivity contribution in [2.45, 2.75) is 32.6 Å². The van der Waals surface area contributed by atoms with Gasteiger partial charge in [-0.3, -0.25) is 9.80 Å². The van der Waals surface area contributed by atoms with Gasteiger partial charge in [0.2, 0.25) is 0 Å². The molecule has 1 aromatic carbocycles. The normalized spacial score (nSPS) is 21.7. The molecule has 0 saturated heterocycles. The predicted molar refractivity (Wildman–Crippen MR) is 105 cm³/mol. The van der Waals surface area contributed by atoms with Crippen molar-refractivity contribution in [3.8, 4) is 17.6 Å². The Balaban J connectivity index is 2.29. The largest absolute Gasteiger partial charge is 0.504 e. The number of nitrogens with zero attached hydrogens (tertiary/aromatic N) is 3. The van der Waals surface area contributed by atoms with Crippen LogP contribution in [-0.4, -0.2) is 42.1 Å². The summed E-state index contributed by atoms with van der Waals surface area (Å²) in [4.78, 5) is 13.2. The summed E-state index contributed by atoms with van der Waals surface area (Å²) in [5.74, 6) is 0.0189. The van der Waals surface area contributed by atoms with Crippen molar-refractivity contribution in [3.05, 3.63) is 46.4 Å². The van der Waals surface area contributed by atoms with E-state index in [1.165, 1.54) is 13.2 Å². The monoisotopic (exact) mass is 382 g/mol. The number of nitriles is 1. The second-order valence-electron chi connectivity index (χ2n) is 8.24. The highest BCUT2D eigenvalue weighted by atomic mass is 16.5. The first-order valence-corrected chi connectivity index (χ1v) is 9.11. The Morgan fingerprint density at radius 2 is 2.04 bits per heavy atom. The van der Waals surface area contributed by atoms with Gasteiger partial charge in [0.15, 0.2) is 17.3 Å². The number of Topliss-reactive ketones (excluding diaryl/α,β-unsaturated/α-hetero) is 1. The fraction of sp³-hybridized carbons (Fsp3) is 0.429. The third-order valence-electron chi connectivity index (χ3n) is 5.29. The van der Waals surface area contributed by atoms with Crippen LogP contribution in [0.3, 0.4) is 0 Å². The summed E-state index contributed by atoms with van der Waals surface area (Å²) in [6.07, 6.45) is 1.06. The molecule has 7 nitrogen and oxygen atoms in total. The number of hydrazine groups is 1. The molecule has 1 aromatic rings. The van der Waals surface area contributed by atoms with E-state index >= 15 is 0 Å². The summed E-state index contributed by atoms with van der Waals surface area (Å²) < 4.78 is 5.23. The SMILES string of the molecule is COc1cc([C@@H]2C(C#N)=C(N)N(N(C)C)C3=C2C(=O)CC(C)(C)C3)ccc1O. The molecule has 148 valence electrons. The molecule has 3 N–H and O–H groups in total. The van der Waals surface area contributed by atoms with E-state index in [1.54, 1.807) is 22.2 Å². The molecule has 3 rings (SSSR count). The molecule has 0 fully saturated rings. The van der Waals surface area contributed by atoms with Crippen molar-refractivity contribution < 1.29 is 14.6 Å². The second-order valence-corrected chi connectivity index (χ2v) is 8.24. The minimum absolute atomic E-state index is 0.00209. The Morgan fingerprint density at radius 3 is 2.61 bits per heavy atom. The molecule has 0 unspecified atom stereocenters. The maximum Gasteiger partial charge on any atom is 0.162 e. The third kappa shape index (κ3) is 3.10. The van der Waals surface area contributed by atoms with Crippen LogP contribution in [0, 0.1) is 16.7 Å². The second kappa shape index (κ2) is 6.88. The van der Waals surface area contributed by atoms with E-state index < -0.39 is 5.92 Å². The Labute approximate surface area is 165 Å². The van der Waals surface area contributed by atoms with Gasteiger partial charge < -0.3 is 15.6 Å². The minimum atomic E-state index is -0.589. The van der Waals surface area contributed by atoms with Gasteiger partial charge in [-0.25, -0.2) is 5.01 Å². The van der Waals surface area contributed by atoms with Crippen molar-refractivity contribution in [3.63, 3.8) is 0 Å². The van der Waals surface area contributed by atoms with Gasteiger partial charge in [0.25, 0.3) is 0 Å². The molecule has 0 aromatic heterocycles. The van der Waals surface area contributed by atoms with Crippen molar-refractivity contribution >= 4 is 5.78 Å². The number of carbonyl (C=O) groups is 1. The van der Waals surface area contributed by atoms with Gasteiger partial charge >= 0.3 is 0 Å². The van der Waals surface area contributed by atoms with Crippen LogP contribution in [0.15, 0.2) is 40.9 Å². The summed E-state index contributed by atoms with van der Waals surface area (Å²) in [5.41, 5.74) is 8.63. The zero-order chi connectivity index (χ0) is 20.8. The first kappa shape index (κ1) is 19.8. The van der Waals surface area contributed by atoms with Gasteiger partial charge in [0.1, 0.15) is 5.82 Å². The van der Waals surface area contributed by atoms with E-state index in [-0.39, 0.29) is 22.7 Å². The van der Waals surface area contributed by atoms with Crippen LogP contribution in [0.25, 0.3) is 0 Å². The van der Waals surface area contributed by atoms with Crippen LogP contribution in [0.5, 0.6) is 11.5 Å². The van der Waals surface area contributed by atoms with Gasteiger partial charge in [-0.15, -0.1) is 0 Å². The van der Waals surface area contributed by atoms with E-state index in [1.807, 2.05) is 14.1 Å². The molecule has 1 aliphatic carbocycles. The van der Waals surface area contributed by atoms with Gasteiger partial charge in [0.05, 0.1) is 24.7 Å². The standard InChI is InChI=1S/C21H26N4O3/c1-21(2)9-14-19(16(27)10-21)18(12-6-7-15(26)17(8-12)28-5)13(11-22)20(23)25(14)24(3)4/h6-8,18,26H,9-10,23H2,1-5H3/t18-/m1/s1. The third-order valence-corrected chi connectivity index (χ3v) is 5.29. The number of ether oxygens (including phenoxy) is 1. The molecule has 0 radical (unpaired) electrons. The Bertz CT molecular complexity index is 937. The fourth-order valence-corrected chi connectivity index (χ4v) is 4.16. The van der Waals surface area contributed by atoms with Gasteiger partial charge in [-0.05, 0) is 29.5 Å². The molecule has 0 bridgehead atoms. The van der Waals surface area contributed by atoms with E-state index in [9.17, 15) is 15.2 Å². The van der Waals surface area contributed by atoms with Crippen LogP contribution in [0.2, 0.25) is 0 Å². The lowest BCUT2D eigenvalue weighted by molar-refractivity contribution is -0.119. The van der Waals surface area contributed by atoms with Crippen LogP contribution < -0.4 is 10.5 Å². The zero-order valence-electron chi connectivity index (χ0n) is 16.9. The summed E-state index contributed by atoms with van der Waals surface area (Å²) in [6, 6.07) is 7.08.